The molecule has 0 saturated heterocycles. The van der Waals surface area contributed by atoms with E-state index in [1.165, 1.54) is 18.2 Å². The fourth-order valence-corrected chi connectivity index (χ4v) is 5.08. The van der Waals surface area contributed by atoms with E-state index in [9.17, 15) is 19.8 Å². The Hall–Kier alpha value is -4.03. The van der Waals surface area contributed by atoms with Gasteiger partial charge in [-0.2, -0.15) is 0 Å². The third-order valence-corrected chi connectivity index (χ3v) is 7.22. The number of ketones is 1. The summed E-state index contributed by atoms with van der Waals surface area (Å²) in [5.41, 5.74) is 7.91. The second-order valence-corrected chi connectivity index (χ2v) is 9.82. The van der Waals surface area contributed by atoms with Gasteiger partial charge in [-0.3, -0.25) is 9.78 Å². The Morgan fingerprint density at radius 3 is 2.43 bits per heavy atom. The third kappa shape index (κ3) is 3.67. The summed E-state index contributed by atoms with van der Waals surface area (Å²) in [4.78, 5) is 29.5. The molecule has 1 aromatic heterocycles. The average molecular weight is 467 g/mol. The van der Waals surface area contributed by atoms with E-state index in [0.29, 0.717) is 23.1 Å². The maximum absolute atomic E-state index is 13.4. The number of para-hydroxylation sites is 2. The van der Waals surface area contributed by atoms with Gasteiger partial charge in [0.1, 0.15) is 5.60 Å². The maximum Gasteiger partial charge on any atom is 0.337 e. The van der Waals surface area contributed by atoms with Gasteiger partial charge < -0.3 is 15.9 Å². The van der Waals surface area contributed by atoms with Crippen LogP contribution in [-0.4, -0.2) is 26.9 Å². The lowest BCUT2D eigenvalue weighted by atomic mass is 9.64. The second kappa shape index (κ2) is 8.03. The highest BCUT2D eigenvalue weighted by Crippen LogP contribution is 2.48. The predicted octanol–water partition coefficient (Wildman–Crippen LogP) is 5.05. The number of fused-ring (bicyclic) bond motifs is 2. The number of nitrogens with zero attached hydrogens (tertiary/aromatic N) is 1. The smallest absolute Gasteiger partial charge is 0.337 e. The van der Waals surface area contributed by atoms with Crippen molar-refractivity contribution < 1.29 is 19.8 Å². The molecule has 0 saturated carbocycles. The summed E-state index contributed by atoms with van der Waals surface area (Å²) in [6.07, 6.45) is 2.93. The molecule has 4 aromatic rings. The Labute approximate surface area is 203 Å². The fourth-order valence-electron chi connectivity index (χ4n) is 5.08. The Morgan fingerprint density at radius 2 is 1.66 bits per heavy atom. The first-order valence-corrected chi connectivity index (χ1v) is 11.5. The number of aliphatic hydroxyl groups is 1. The Bertz CT molecular complexity index is 1510. The molecule has 5 rings (SSSR count). The van der Waals surface area contributed by atoms with Crippen molar-refractivity contribution in [2.45, 2.75) is 37.7 Å². The van der Waals surface area contributed by atoms with Crippen LogP contribution in [0.25, 0.3) is 10.9 Å². The van der Waals surface area contributed by atoms with Crippen molar-refractivity contribution in [1.82, 2.24) is 4.98 Å². The van der Waals surface area contributed by atoms with Gasteiger partial charge in [-0.15, -0.1) is 0 Å². The first-order valence-electron chi connectivity index (χ1n) is 11.5. The van der Waals surface area contributed by atoms with Gasteiger partial charge in [0.2, 0.25) is 0 Å². The number of nitrogen functional groups attached to an aromatic ring is 1. The van der Waals surface area contributed by atoms with Crippen LogP contribution >= 0.6 is 0 Å². The van der Waals surface area contributed by atoms with E-state index in [2.05, 4.69) is 18.8 Å². The average Bonchev–Trinajstić information content (AvgIpc) is 2.85. The Morgan fingerprint density at radius 1 is 0.914 bits per heavy atom. The zero-order valence-corrected chi connectivity index (χ0v) is 19.6. The minimum absolute atomic E-state index is 0.0722. The van der Waals surface area contributed by atoms with Crippen molar-refractivity contribution in [2.24, 2.45) is 0 Å². The quantitative estimate of drug-likeness (QED) is 0.286. The van der Waals surface area contributed by atoms with Crippen molar-refractivity contribution in [3.63, 3.8) is 0 Å². The molecule has 6 nitrogen and oxygen atoms in total. The molecule has 0 amide bonds. The molecule has 1 aliphatic carbocycles. The fraction of sp³-hybridized carbons (Fsp3) is 0.207. The van der Waals surface area contributed by atoms with Crippen LogP contribution in [0.1, 0.15) is 69.7 Å². The summed E-state index contributed by atoms with van der Waals surface area (Å²) in [7, 11) is 0. The van der Waals surface area contributed by atoms with Gasteiger partial charge in [-0.05, 0) is 59.7 Å². The number of carboxylic acid groups (broad SMARTS) is 1. The third-order valence-electron chi connectivity index (χ3n) is 7.22. The molecule has 4 N–H and O–H groups in total. The second-order valence-electron chi connectivity index (χ2n) is 9.82. The zero-order valence-electron chi connectivity index (χ0n) is 19.6. The number of rotatable bonds is 4. The van der Waals surface area contributed by atoms with E-state index in [1.54, 1.807) is 18.3 Å². The van der Waals surface area contributed by atoms with Crippen LogP contribution < -0.4 is 5.73 Å². The number of aromatic nitrogens is 1. The van der Waals surface area contributed by atoms with Crippen molar-refractivity contribution in [2.75, 3.05) is 5.73 Å². The normalized spacial score (nSPS) is 18.7. The summed E-state index contributed by atoms with van der Waals surface area (Å²) < 4.78 is 0. The van der Waals surface area contributed by atoms with Gasteiger partial charge >= 0.3 is 5.97 Å². The largest absolute Gasteiger partial charge is 0.478 e. The van der Waals surface area contributed by atoms with Crippen LogP contribution in [-0.2, 0) is 11.0 Å². The molecule has 1 heterocycles. The van der Waals surface area contributed by atoms with Gasteiger partial charge in [0.05, 0.1) is 16.8 Å². The summed E-state index contributed by atoms with van der Waals surface area (Å²) in [5.74, 6) is -1.58. The van der Waals surface area contributed by atoms with Gasteiger partial charge in [-0.25, -0.2) is 4.79 Å². The molecule has 176 valence electrons. The number of hydrogen-bond acceptors (Lipinski definition) is 5. The van der Waals surface area contributed by atoms with Gasteiger partial charge in [0, 0.05) is 28.3 Å². The number of benzene rings is 3. The van der Waals surface area contributed by atoms with Crippen LogP contribution in [0.3, 0.4) is 0 Å². The maximum atomic E-state index is 13.4. The van der Waals surface area contributed by atoms with Crippen molar-refractivity contribution >= 4 is 28.3 Å². The molecule has 0 bridgehead atoms. The number of carboxylic acids is 1. The highest BCUT2D eigenvalue weighted by Gasteiger charge is 2.43. The van der Waals surface area contributed by atoms with E-state index in [1.807, 2.05) is 36.4 Å². The zero-order chi connectivity index (χ0) is 25.0. The number of nitrogens with two attached hydrogens (primary N) is 1. The van der Waals surface area contributed by atoms with Crippen LogP contribution in [0.4, 0.5) is 5.69 Å². The molecule has 1 aliphatic rings. The summed E-state index contributed by atoms with van der Waals surface area (Å²) in [6, 6.07) is 19.4. The van der Waals surface area contributed by atoms with Crippen molar-refractivity contribution in [1.29, 1.82) is 0 Å². The van der Waals surface area contributed by atoms with E-state index < -0.39 is 17.4 Å². The Balaban J connectivity index is 1.66. The first kappa shape index (κ1) is 22.7. The molecular formula is C29H26N2O4. The van der Waals surface area contributed by atoms with Crippen LogP contribution in [0.5, 0.6) is 0 Å². The monoisotopic (exact) mass is 466 g/mol. The molecule has 3 aromatic carbocycles. The minimum atomic E-state index is -1.33. The van der Waals surface area contributed by atoms with Crippen LogP contribution in [0.2, 0.25) is 0 Å². The summed E-state index contributed by atoms with van der Waals surface area (Å²) >= 11 is 0. The van der Waals surface area contributed by atoms with Crippen LogP contribution in [0, 0.1) is 0 Å². The number of aromatic carboxylic acids is 1. The molecule has 1 atom stereocenters. The molecular weight excluding hydrogens is 440 g/mol. The number of anilines is 1. The molecule has 0 spiro atoms. The van der Waals surface area contributed by atoms with E-state index in [4.69, 9.17) is 5.73 Å². The lowest BCUT2D eigenvalue weighted by Crippen LogP contribution is -2.39. The number of hydrogen-bond donors (Lipinski definition) is 3. The summed E-state index contributed by atoms with van der Waals surface area (Å²) in [6.45, 7) is 4.25. The van der Waals surface area contributed by atoms with Gasteiger partial charge in [0.15, 0.2) is 5.78 Å². The van der Waals surface area contributed by atoms with E-state index in [-0.39, 0.29) is 22.2 Å². The highest BCUT2D eigenvalue weighted by molar-refractivity contribution is 6.14. The molecule has 0 aliphatic heterocycles. The number of carbonyl (C=O) groups excluding carboxylic acids is 1. The molecule has 6 heteroatoms. The lowest BCUT2D eigenvalue weighted by molar-refractivity contribution is 0.0494. The van der Waals surface area contributed by atoms with Gasteiger partial charge in [-0.1, -0.05) is 50.2 Å². The topological polar surface area (TPSA) is 114 Å². The van der Waals surface area contributed by atoms with Crippen molar-refractivity contribution in [3.8, 4) is 0 Å². The highest BCUT2D eigenvalue weighted by atomic mass is 16.4. The van der Waals surface area contributed by atoms with E-state index >= 15 is 0 Å². The lowest BCUT2D eigenvalue weighted by Gasteiger charge is -2.42. The molecule has 1 unspecified atom stereocenters. The number of pyridine rings is 1. The predicted molar refractivity (Wildman–Crippen MR) is 135 cm³/mol. The standard InChI is InChI=1S/C29H26N2O4/c1-28(2)12-13-29(35,19-14-17-6-3-4-9-24(17)31-16-19)23-15-18(10-11-22(23)28)26(32)20-7-5-8-21(25(20)30)27(33)34/h3-11,14-16,35H,12-13,30H2,1-2H3,(H,33,34). The van der Waals surface area contributed by atoms with Crippen molar-refractivity contribution in [3.05, 3.63) is 106 Å². The van der Waals surface area contributed by atoms with E-state index in [0.717, 1.165) is 22.9 Å². The molecule has 0 fully saturated rings. The molecule has 35 heavy (non-hydrogen) atoms. The molecule has 0 radical (unpaired) electrons. The Kier molecular flexibility index (Phi) is 5.22. The summed E-state index contributed by atoms with van der Waals surface area (Å²) in [5, 5.41) is 22.4. The number of carbonyl (C=O) groups is 2. The minimum Gasteiger partial charge on any atom is -0.478 e. The first-order chi connectivity index (χ1) is 16.6. The van der Waals surface area contributed by atoms with Crippen LogP contribution in [0.15, 0.2) is 72.9 Å². The SMILES string of the molecule is CC1(C)CCC(O)(c2cnc3ccccc3c2)c2cc(C(=O)c3cccc(C(=O)O)c3N)ccc21. The van der Waals surface area contributed by atoms with Gasteiger partial charge in [0.25, 0.3) is 0 Å².